The first-order valence-electron chi connectivity index (χ1n) is 5.24. The lowest BCUT2D eigenvalue weighted by Crippen LogP contribution is -2.13. The second-order valence-corrected chi connectivity index (χ2v) is 4.60. The van der Waals surface area contributed by atoms with Gasteiger partial charge in [0, 0.05) is 10.7 Å². The molecule has 1 aliphatic heterocycles. The molecule has 3 rings (SSSR count). The molecule has 0 radical (unpaired) electrons. The van der Waals surface area contributed by atoms with Gasteiger partial charge in [0.15, 0.2) is 6.10 Å². The molecule has 2 heterocycles. The number of halogens is 1. The number of hydrogen-bond donors (Lipinski definition) is 0. The molecular formula is C13H9BrN2O. The van der Waals surface area contributed by atoms with E-state index in [4.69, 9.17) is 4.74 Å². The first-order chi connectivity index (χ1) is 8.33. The number of aliphatic imine (C=N–C) groups is 1. The van der Waals surface area contributed by atoms with Crippen LogP contribution in [0.3, 0.4) is 0 Å². The summed E-state index contributed by atoms with van der Waals surface area (Å²) in [5.74, 6) is 0.775. The second kappa shape index (κ2) is 4.30. The van der Waals surface area contributed by atoms with Gasteiger partial charge < -0.3 is 4.74 Å². The molecule has 4 heteroatoms. The Morgan fingerprint density at radius 3 is 2.94 bits per heavy atom. The summed E-state index contributed by atoms with van der Waals surface area (Å²) in [7, 11) is 0. The Bertz CT molecular complexity index is 569. The van der Waals surface area contributed by atoms with Crippen molar-refractivity contribution < 1.29 is 4.74 Å². The van der Waals surface area contributed by atoms with Gasteiger partial charge in [-0.3, -0.25) is 9.98 Å². The highest BCUT2D eigenvalue weighted by molar-refractivity contribution is 9.10. The van der Waals surface area contributed by atoms with Gasteiger partial charge in [0.05, 0.1) is 11.9 Å². The minimum absolute atomic E-state index is 0.210. The van der Waals surface area contributed by atoms with Gasteiger partial charge in [-0.1, -0.05) is 22.0 Å². The van der Waals surface area contributed by atoms with Crippen LogP contribution in [0.2, 0.25) is 0 Å². The van der Waals surface area contributed by atoms with Crippen LogP contribution >= 0.6 is 15.9 Å². The predicted molar refractivity (Wildman–Crippen MR) is 69.9 cm³/mol. The predicted octanol–water partition coefficient (Wildman–Crippen LogP) is 3.68. The Morgan fingerprint density at radius 1 is 1.18 bits per heavy atom. The van der Waals surface area contributed by atoms with Crippen molar-refractivity contribution in [1.29, 1.82) is 0 Å². The summed E-state index contributed by atoms with van der Waals surface area (Å²) in [4.78, 5) is 8.65. The maximum absolute atomic E-state index is 5.86. The quantitative estimate of drug-likeness (QED) is 0.802. The molecule has 0 saturated carbocycles. The Hall–Kier alpha value is -1.68. The summed E-state index contributed by atoms with van der Waals surface area (Å²) in [6.07, 6.45) is 3.32. The Labute approximate surface area is 107 Å². The molecule has 3 nitrogen and oxygen atoms in total. The summed E-state index contributed by atoms with van der Waals surface area (Å²) < 4.78 is 6.84. The third-order valence-electron chi connectivity index (χ3n) is 2.50. The summed E-state index contributed by atoms with van der Waals surface area (Å²) in [6.45, 7) is 0. The van der Waals surface area contributed by atoms with Crippen molar-refractivity contribution in [3.05, 3.63) is 52.8 Å². The van der Waals surface area contributed by atoms with Crippen LogP contribution in [0.1, 0.15) is 11.8 Å². The number of hydrogen-bond acceptors (Lipinski definition) is 3. The lowest BCUT2D eigenvalue weighted by atomic mass is 10.2. The molecule has 1 aromatic heterocycles. The molecule has 0 unspecified atom stereocenters. The highest BCUT2D eigenvalue weighted by Gasteiger charge is 2.18. The summed E-state index contributed by atoms with van der Waals surface area (Å²) in [5, 5.41) is 0. The van der Waals surface area contributed by atoms with Crippen molar-refractivity contribution in [3.8, 4) is 5.75 Å². The summed E-state index contributed by atoms with van der Waals surface area (Å²) in [5.41, 5.74) is 1.71. The zero-order valence-corrected chi connectivity index (χ0v) is 10.5. The van der Waals surface area contributed by atoms with E-state index < -0.39 is 0 Å². The molecule has 17 heavy (non-hydrogen) atoms. The standard InChI is InChI=1S/C13H9BrN2O/c14-9-4-5-11-12(7-9)17-13(8-16-11)10-3-1-2-6-15-10/h1-8,13H/t13-/m0/s1. The average Bonchev–Trinajstić information content (AvgIpc) is 2.39. The van der Waals surface area contributed by atoms with E-state index >= 15 is 0 Å². The third-order valence-corrected chi connectivity index (χ3v) is 3.00. The van der Waals surface area contributed by atoms with Gasteiger partial charge in [-0.25, -0.2) is 0 Å². The highest BCUT2D eigenvalue weighted by atomic mass is 79.9. The van der Waals surface area contributed by atoms with E-state index in [1.165, 1.54) is 0 Å². The molecule has 0 N–H and O–H groups in total. The molecule has 84 valence electrons. The number of fused-ring (bicyclic) bond motifs is 1. The fourth-order valence-corrected chi connectivity index (χ4v) is 2.03. The maximum atomic E-state index is 5.86. The minimum atomic E-state index is -0.210. The first kappa shape index (κ1) is 10.5. The van der Waals surface area contributed by atoms with Gasteiger partial charge in [0.25, 0.3) is 0 Å². The van der Waals surface area contributed by atoms with Crippen molar-refractivity contribution in [1.82, 2.24) is 4.98 Å². The van der Waals surface area contributed by atoms with Crippen molar-refractivity contribution in [3.63, 3.8) is 0 Å². The molecule has 0 spiro atoms. The second-order valence-electron chi connectivity index (χ2n) is 3.68. The van der Waals surface area contributed by atoms with E-state index in [0.717, 1.165) is 21.6 Å². The lowest BCUT2D eigenvalue weighted by Gasteiger charge is -2.20. The van der Waals surface area contributed by atoms with Crippen molar-refractivity contribution in [2.24, 2.45) is 4.99 Å². The molecule has 0 amide bonds. The molecule has 0 saturated heterocycles. The van der Waals surface area contributed by atoms with E-state index in [1.807, 2.05) is 36.4 Å². The van der Waals surface area contributed by atoms with Gasteiger partial charge in [-0.15, -0.1) is 0 Å². The van der Waals surface area contributed by atoms with E-state index in [0.29, 0.717) is 0 Å². The van der Waals surface area contributed by atoms with Gasteiger partial charge in [0.1, 0.15) is 11.4 Å². The average molecular weight is 289 g/mol. The van der Waals surface area contributed by atoms with E-state index in [2.05, 4.69) is 25.9 Å². The molecule has 0 fully saturated rings. The van der Waals surface area contributed by atoms with Crippen LogP contribution in [0.5, 0.6) is 5.75 Å². The molecule has 2 aromatic rings. The van der Waals surface area contributed by atoms with Crippen LogP contribution in [0, 0.1) is 0 Å². The molecular weight excluding hydrogens is 280 g/mol. The zero-order chi connectivity index (χ0) is 11.7. The van der Waals surface area contributed by atoms with Crippen LogP contribution in [-0.4, -0.2) is 11.2 Å². The fourth-order valence-electron chi connectivity index (χ4n) is 1.69. The Balaban J connectivity index is 1.95. The molecule has 0 bridgehead atoms. The van der Waals surface area contributed by atoms with Gasteiger partial charge in [0.2, 0.25) is 0 Å². The third kappa shape index (κ3) is 2.08. The number of aromatic nitrogens is 1. The van der Waals surface area contributed by atoms with Crippen LogP contribution < -0.4 is 4.74 Å². The molecule has 1 aliphatic rings. The number of benzene rings is 1. The van der Waals surface area contributed by atoms with Gasteiger partial charge >= 0.3 is 0 Å². The fraction of sp³-hybridized carbons (Fsp3) is 0.0769. The normalized spacial score (nSPS) is 17.4. The Morgan fingerprint density at radius 2 is 2.12 bits per heavy atom. The SMILES string of the molecule is Brc1ccc2c(c1)O[C@H](c1ccccn1)C=N2. The smallest absolute Gasteiger partial charge is 0.176 e. The van der Waals surface area contributed by atoms with Crippen molar-refractivity contribution in [2.45, 2.75) is 6.10 Å². The molecule has 0 aliphatic carbocycles. The van der Waals surface area contributed by atoms with Gasteiger partial charge in [-0.05, 0) is 30.3 Å². The molecule has 1 aromatic carbocycles. The van der Waals surface area contributed by atoms with Crippen LogP contribution in [-0.2, 0) is 0 Å². The minimum Gasteiger partial charge on any atom is -0.476 e. The number of nitrogens with zero attached hydrogens (tertiary/aromatic N) is 2. The topological polar surface area (TPSA) is 34.5 Å². The van der Waals surface area contributed by atoms with Crippen LogP contribution in [0.15, 0.2) is 52.1 Å². The number of rotatable bonds is 1. The summed E-state index contributed by atoms with van der Waals surface area (Å²) in [6, 6.07) is 11.5. The number of ether oxygens (including phenoxy) is 1. The maximum Gasteiger partial charge on any atom is 0.176 e. The summed E-state index contributed by atoms with van der Waals surface area (Å²) >= 11 is 3.42. The van der Waals surface area contributed by atoms with Crippen molar-refractivity contribution in [2.75, 3.05) is 0 Å². The van der Waals surface area contributed by atoms with E-state index in [9.17, 15) is 0 Å². The lowest BCUT2D eigenvalue weighted by molar-refractivity contribution is 0.270. The number of pyridine rings is 1. The van der Waals surface area contributed by atoms with Crippen LogP contribution in [0.4, 0.5) is 5.69 Å². The Kier molecular flexibility index (Phi) is 2.65. The largest absolute Gasteiger partial charge is 0.476 e. The van der Waals surface area contributed by atoms with Gasteiger partial charge in [-0.2, -0.15) is 0 Å². The molecule has 1 atom stereocenters. The zero-order valence-electron chi connectivity index (χ0n) is 8.88. The van der Waals surface area contributed by atoms with Crippen molar-refractivity contribution >= 4 is 27.8 Å². The van der Waals surface area contributed by atoms with E-state index in [1.54, 1.807) is 12.4 Å². The van der Waals surface area contributed by atoms with Crippen LogP contribution in [0.25, 0.3) is 0 Å². The highest BCUT2D eigenvalue weighted by Crippen LogP contribution is 2.36. The van der Waals surface area contributed by atoms with E-state index in [-0.39, 0.29) is 6.10 Å². The monoisotopic (exact) mass is 288 g/mol. The first-order valence-corrected chi connectivity index (χ1v) is 6.03.